The molecule has 0 rings (SSSR count). The summed E-state index contributed by atoms with van der Waals surface area (Å²) in [6.45, 7) is 5.75. The Bertz CT molecular complexity index is 281. The van der Waals surface area contributed by atoms with Crippen LogP contribution in [0.5, 0.6) is 0 Å². The van der Waals surface area contributed by atoms with Crippen LogP contribution in [0.3, 0.4) is 0 Å². The first-order chi connectivity index (χ1) is 8.06. The van der Waals surface area contributed by atoms with E-state index in [4.69, 9.17) is 0 Å². The molecule has 0 aromatic carbocycles. The topological polar surface area (TPSA) is 38.3 Å². The number of carbonyl (C=O) groups excluding carboxylic acids is 1. The lowest BCUT2D eigenvalue weighted by atomic mass is 10.1. The Morgan fingerprint density at radius 1 is 1.29 bits per heavy atom. The minimum absolute atomic E-state index is 0.185. The molecule has 0 atom stereocenters. The van der Waals surface area contributed by atoms with Gasteiger partial charge in [0, 0.05) is 6.54 Å². The maximum absolute atomic E-state index is 11.7. The van der Waals surface area contributed by atoms with E-state index in [-0.39, 0.29) is 6.61 Å². The molecule has 0 aliphatic heterocycles. The third-order valence-corrected chi connectivity index (χ3v) is 2.10. The second-order valence-corrected chi connectivity index (χ2v) is 4.08. The zero-order chi connectivity index (χ0) is 13.1. The smallest absolute Gasteiger partial charge is 0.407 e. The van der Waals surface area contributed by atoms with Crippen LogP contribution in [0.25, 0.3) is 0 Å². The van der Waals surface area contributed by atoms with Crippen molar-refractivity contribution in [3.05, 3.63) is 23.3 Å². The van der Waals surface area contributed by atoms with E-state index in [2.05, 4.69) is 30.0 Å². The third-order valence-electron chi connectivity index (χ3n) is 2.10. The number of nitrogens with one attached hydrogen (secondary N) is 1. The number of rotatable bonds is 7. The molecule has 0 saturated heterocycles. The molecule has 1 N–H and O–H groups in total. The van der Waals surface area contributed by atoms with Gasteiger partial charge in [0.15, 0.2) is 0 Å². The molecule has 17 heavy (non-hydrogen) atoms. The lowest BCUT2D eigenvalue weighted by Crippen LogP contribution is -2.25. The van der Waals surface area contributed by atoms with Gasteiger partial charge < -0.3 is 10.1 Å². The van der Waals surface area contributed by atoms with E-state index in [0.29, 0.717) is 6.54 Å². The molecule has 0 aliphatic rings. The molecule has 0 bridgehead atoms. The first-order valence-electron chi connectivity index (χ1n) is 5.82. The average Bonchev–Trinajstić information content (AvgIpc) is 2.25. The van der Waals surface area contributed by atoms with Crippen molar-refractivity contribution in [3.8, 4) is 0 Å². The summed E-state index contributed by atoms with van der Waals surface area (Å²) < 4.78 is 16.2. The van der Waals surface area contributed by atoms with Gasteiger partial charge in [0.2, 0.25) is 0 Å². The van der Waals surface area contributed by atoms with E-state index in [1.807, 2.05) is 13.0 Å². The van der Waals surface area contributed by atoms with Crippen LogP contribution in [-0.4, -0.2) is 25.9 Å². The van der Waals surface area contributed by atoms with E-state index in [1.165, 1.54) is 11.1 Å². The van der Waals surface area contributed by atoms with Crippen LogP contribution in [0.4, 0.5) is 9.18 Å². The molecule has 1 amide bonds. The SMILES string of the molecule is CC(C)=CCCC(C)=CCNC(=O)OCCF. The van der Waals surface area contributed by atoms with Crippen LogP contribution in [0, 0.1) is 0 Å². The van der Waals surface area contributed by atoms with Crippen molar-refractivity contribution in [1.29, 1.82) is 0 Å². The summed E-state index contributed by atoms with van der Waals surface area (Å²) in [4.78, 5) is 10.9. The summed E-state index contributed by atoms with van der Waals surface area (Å²) in [5.41, 5.74) is 2.53. The Labute approximate surface area is 103 Å². The molecule has 0 radical (unpaired) electrons. The Hall–Kier alpha value is -1.32. The zero-order valence-corrected chi connectivity index (χ0v) is 10.9. The molecule has 4 heteroatoms. The number of hydrogen-bond acceptors (Lipinski definition) is 2. The minimum atomic E-state index is -0.648. The second kappa shape index (κ2) is 9.87. The van der Waals surface area contributed by atoms with E-state index >= 15 is 0 Å². The van der Waals surface area contributed by atoms with Gasteiger partial charge in [0.05, 0.1) is 0 Å². The lowest BCUT2D eigenvalue weighted by molar-refractivity contribution is 0.138. The highest BCUT2D eigenvalue weighted by Gasteiger charge is 1.98. The van der Waals surface area contributed by atoms with Gasteiger partial charge in [-0.2, -0.15) is 0 Å². The van der Waals surface area contributed by atoms with Crippen molar-refractivity contribution in [2.45, 2.75) is 33.6 Å². The first kappa shape index (κ1) is 15.7. The van der Waals surface area contributed by atoms with E-state index in [9.17, 15) is 9.18 Å². The molecule has 0 aromatic rings. The van der Waals surface area contributed by atoms with Crippen LogP contribution in [0.2, 0.25) is 0 Å². The van der Waals surface area contributed by atoms with Crippen molar-refractivity contribution in [3.63, 3.8) is 0 Å². The fourth-order valence-corrected chi connectivity index (χ4v) is 1.18. The number of halogens is 1. The third kappa shape index (κ3) is 11.0. The highest BCUT2D eigenvalue weighted by atomic mass is 19.1. The second-order valence-electron chi connectivity index (χ2n) is 4.08. The summed E-state index contributed by atoms with van der Waals surface area (Å²) in [6, 6.07) is 0. The Balaban J connectivity index is 3.69. The van der Waals surface area contributed by atoms with Gasteiger partial charge in [0.1, 0.15) is 13.3 Å². The molecule has 0 saturated carbocycles. The summed E-state index contributed by atoms with van der Waals surface area (Å²) >= 11 is 0. The fourth-order valence-electron chi connectivity index (χ4n) is 1.18. The van der Waals surface area contributed by atoms with Gasteiger partial charge in [-0.1, -0.05) is 23.3 Å². The van der Waals surface area contributed by atoms with Crippen LogP contribution in [0.15, 0.2) is 23.3 Å². The van der Waals surface area contributed by atoms with E-state index in [1.54, 1.807) is 0 Å². The summed E-state index contributed by atoms with van der Waals surface area (Å²) in [6.07, 6.45) is 5.54. The van der Waals surface area contributed by atoms with Gasteiger partial charge in [-0.3, -0.25) is 0 Å². The van der Waals surface area contributed by atoms with Crippen molar-refractivity contribution in [2.24, 2.45) is 0 Å². The molecular weight excluding hydrogens is 221 g/mol. The number of alkyl carbamates (subject to hydrolysis) is 1. The van der Waals surface area contributed by atoms with Gasteiger partial charge >= 0.3 is 6.09 Å². The molecule has 0 heterocycles. The van der Waals surface area contributed by atoms with Crippen LogP contribution >= 0.6 is 0 Å². The van der Waals surface area contributed by atoms with Gasteiger partial charge in [-0.25, -0.2) is 9.18 Å². The van der Waals surface area contributed by atoms with Gasteiger partial charge in [0.25, 0.3) is 0 Å². The number of carbonyl (C=O) groups is 1. The lowest BCUT2D eigenvalue weighted by Gasteiger charge is -2.03. The van der Waals surface area contributed by atoms with Crippen molar-refractivity contribution >= 4 is 6.09 Å². The molecule has 0 aliphatic carbocycles. The normalized spacial score (nSPS) is 10.9. The highest BCUT2D eigenvalue weighted by molar-refractivity contribution is 5.67. The summed E-state index contributed by atoms with van der Waals surface area (Å²) in [5.74, 6) is 0. The quantitative estimate of drug-likeness (QED) is 0.696. The maximum atomic E-state index is 11.7. The van der Waals surface area contributed by atoms with E-state index < -0.39 is 12.8 Å². The largest absolute Gasteiger partial charge is 0.447 e. The Morgan fingerprint density at radius 3 is 2.59 bits per heavy atom. The number of amides is 1. The number of alkyl halides is 1. The predicted molar refractivity (Wildman–Crippen MR) is 67.7 cm³/mol. The summed E-state index contributed by atoms with van der Waals surface area (Å²) in [5, 5.41) is 2.53. The predicted octanol–water partition coefficient (Wildman–Crippen LogP) is 3.37. The molecule has 98 valence electrons. The molecule has 0 aromatic heterocycles. The molecule has 3 nitrogen and oxygen atoms in total. The van der Waals surface area contributed by atoms with Crippen molar-refractivity contribution < 1.29 is 13.9 Å². The monoisotopic (exact) mass is 243 g/mol. The number of ether oxygens (including phenoxy) is 1. The molecule has 0 fully saturated rings. The zero-order valence-electron chi connectivity index (χ0n) is 10.9. The standard InChI is InChI=1S/C13H22FNO2/c1-11(2)5-4-6-12(3)7-9-15-13(16)17-10-8-14/h5,7H,4,6,8-10H2,1-3H3,(H,15,16). The summed E-state index contributed by atoms with van der Waals surface area (Å²) in [7, 11) is 0. The minimum Gasteiger partial charge on any atom is -0.447 e. The van der Waals surface area contributed by atoms with Gasteiger partial charge in [-0.15, -0.1) is 0 Å². The van der Waals surface area contributed by atoms with Crippen LogP contribution < -0.4 is 5.32 Å². The van der Waals surface area contributed by atoms with Crippen molar-refractivity contribution in [2.75, 3.05) is 19.8 Å². The van der Waals surface area contributed by atoms with Crippen molar-refractivity contribution in [1.82, 2.24) is 5.32 Å². The number of allylic oxidation sites excluding steroid dienone is 3. The van der Waals surface area contributed by atoms with Crippen LogP contribution in [0.1, 0.15) is 33.6 Å². The van der Waals surface area contributed by atoms with Gasteiger partial charge in [-0.05, 0) is 33.6 Å². The Morgan fingerprint density at radius 2 is 2.00 bits per heavy atom. The molecule has 0 unspecified atom stereocenters. The maximum Gasteiger partial charge on any atom is 0.407 e. The number of hydrogen-bond donors (Lipinski definition) is 1. The average molecular weight is 243 g/mol. The highest BCUT2D eigenvalue weighted by Crippen LogP contribution is 2.05. The van der Waals surface area contributed by atoms with E-state index in [0.717, 1.165) is 12.8 Å². The fraction of sp³-hybridized carbons (Fsp3) is 0.615. The Kier molecular flexibility index (Phi) is 9.11. The molecular formula is C13H22FNO2. The molecule has 0 spiro atoms. The van der Waals surface area contributed by atoms with Crippen LogP contribution in [-0.2, 0) is 4.74 Å². The first-order valence-corrected chi connectivity index (χ1v) is 5.82.